The number of hydrogen-bond donors (Lipinski definition) is 1. The molecule has 1 aromatic carbocycles. The van der Waals surface area contributed by atoms with Crippen LogP contribution in [0.5, 0.6) is 0 Å². The van der Waals surface area contributed by atoms with Crippen molar-refractivity contribution in [1.29, 1.82) is 5.26 Å². The van der Waals surface area contributed by atoms with E-state index in [1.54, 1.807) is 6.07 Å². The number of benzene rings is 1. The summed E-state index contributed by atoms with van der Waals surface area (Å²) in [5, 5.41) is 18.4. The molecule has 1 aliphatic heterocycles. The normalized spacial score (nSPS) is 22.9. The smallest absolute Gasteiger partial charge is 0.326 e. The van der Waals surface area contributed by atoms with Crippen LogP contribution in [0.3, 0.4) is 0 Å². The molecule has 100 valence electrons. The SMILES string of the molecule is Cc1cc(N2CCCC(C)C2C(=O)O)ccc1C#N. The molecule has 0 saturated carbocycles. The Hall–Kier alpha value is -2.02. The minimum atomic E-state index is -0.769. The van der Waals surface area contributed by atoms with Gasteiger partial charge < -0.3 is 10.0 Å². The summed E-state index contributed by atoms with van der Waals surface area (Å²) >= 11 is 0. The van der Waals surface area contributed by atoms with Crippen LogP contribution in [0.15, 0.2) is 18.2 Å². The van der Waals surface area contributed by atoms with Gasteiger partial charge in [0.15, 0.2) is 0 Å². The zero-order chi connectivity index (χ0) is 14.0. The van der Waals surface area contributed by atoms with Crippen molar-refractivity contribution < 1.29 is 9.90 Å². The first-order chi connectivity index (χ1) is 9.04. The van der Waals surface area contributed by atoms with Crippen molar-refractivity contribution in [2.45, 2.75) is 32.7 Å². The van der Waals surface area contributed by atoms with Crippen molar-refractivity contribution in [2.24, 2.45) is 5.92 Å². The van der Waals surface area contributed by atoms with E-state index in [-0.39, 0.29) is 5.92 Å². The van der Waals surface area contributed by atoms with E-state index in [9.17, 15) is 9.90 Å². The molecule has 0 aliphatic carbocycles. The molecule has 1 heterocycles. The third kappa shape index (κ3) is 2.55. The molecular formula is C15H18N2O2. The lowest BCUT2D eigenvalue weighted by Gasteiger charge is -2.39. The molecule has 2 atom stereocenters. The van der Waals surface area contributed by atoms with E-state index in [1.165, 1.54) is 0 Å². The largest absolute Gasteiger partial charge is 0.480 e. The Bertz CT molecular complexity index is 533. The predicted molar refractivity (Wildman–Crippen MR) is 73.1 cm³/mol. The molecule has 1 fully saturated rings. The van der Waals surface area contributed by atoms with Crippen molar-refractivity contribution in [2.75, 3.05) is 11.4 Å². The van der Waals surface area contributed by atoms with Gasteiger partial charge in [0.2, 0.25) is 0 Å². The van der Waals surface area contributed by atoms with E-state index < -0.39 is 12.0 Å². The molecule has 2 rings (SSSR count). The lowest BCUT2D eigenvalue weighted by atomic mass is 9.90. The number of carboxylic acids is 1. The summed E-state index contributed by atoms with van der Waals surface area (Å²) in [5.74, 6) is -0.628. The molecular weight excluding hydrogens is 240 g/mol. The molecule has 1 N–H and O–H groups in total. The van der Waals surface area contributed by atoms with Gasteiger partial charge in [-0.2, -0.15) is 5.26 Å². The van der Waals surface area contributed by atoms with Gasteiger partial charge in [-0.3, -0.25) is 0 Å². The Balaban J connectivity index is 2.36. The van der Waals surface area contributed by atoms with E-state index in [1.807, 2.05) is 30.9 Å². The van der Waals surface area contributed by atoms with Crippen molar-refractivity contribution in [3.05, 3.63) is 29.3 Å². The van der Waals surface area contributed by atoms with Crippen LogP contribution < -0.4 is 4.90 Å². The van der Waals surface area contributed by atoms with Crippen LogP contribution in [0.1, 0.15) is 30.9 Å². The number of anilines is 1. The van der Waals surface area contributed by atoms with Gasteiger partial charge in [-0.05, 0) is 49.4 Å². The Kier molecular flexibility index (Phi) is 3.75. The van der Waals surface area contributed by atoms with Crippen molar-refractivity contribution in [3.63, 3.8) is 0 Å². The maximum absolute atomic E-state index is 11.5. The topological polar surface area (TPSA) is 64.3 Å². The number of carbonyl (C=O) groups is 1. The van der Waals surface area contributed by atoms with E-state index >= 15 is 0 Å². The van der Waals surface area contributed by atoms with Crippen molar-refractivity contribution in [3.8, 4) is 6.07 Å². The molecule has 1 saturated heterocycles. The highest BCUT2D eigenvalue weighted by molar-refractivity contribution is 5.79. The van der Waals surface area contributed by atoms with Crippen LogP contribution in [0, 0.1) is 24.2 Å². The van der Waals surface area contributed by atoms with Gasteiger partial charge in [0.25, 0.3) is 0 Å². The van der Waals surface area contributed by atoms with Gasteiger partial charge in [0, 0.05) is 12.2 Å². The van der Waals surface area contributed by atoms with Crippen molar-refractivity contribution in [1.82, 2.24) is 0 Å². The van der Waals surface area contributed by atoms with E-state index in [4.69, 9.17) is 5.26 Å². The third-order valence-electron chi connectivity index (χ3n) is 3.85. The maximum atomic E-state index is 11.5. The summed E-state index contributed by atoms with van der Waals surface area (Å²) in [6, 6.07) is 7.18. The van der Waals surface area contributed by atoms with Gasteiger partial charge in [0.05, 0.1) is 11.6 Å². The number of nitriles is 1. The van der Waals surface area contributed by atoms with Crippen LogP contribution >= 0.6 is 0 Å². The fourth-order valence-corrected chi connectivity index (χ4v) is 2.81. The zero-order valence-electron chi connectivity index (χ0n) is 11.3. The summed E-state index contributed by atoms with van der Waals surface area (Å²) in [5.41, 5.74) is 2.43. The van der Waals surface area contributed by atoms with E-state index in [0.29, 0.717) is 5.56 Å². The number of aliphatic carboxylic acids is 1. The van der Waals surface area contributed by atoms with Crippen molar-refractivity contribution >= 4 is 11.7 Å². The minimum Gasteiger partial charge on any atom is -0.480 e. The van der Waals surface area contributed by atoms with E-state index in [0.717, 1.165) is 30.6 Å². The van der Waals surface area contributed by atoms with Crippen LogP contribution in [0.25, 0.3) is 0 Å². The monoisotopic (exact) mass is 258 g/mol. The molecule has 0 amide bonds. The number of carboxylic acid groups (broad SMARTS) is 1. The molecule has 4 nitrogen and oxygen atoms in total. The van der Waals surface area contributed by atoms with Gasteiger partial charge in [-0.25, -0.2) is 4.79 Å². The standard InChI is InChI=1S/C15H18N2O2/c1-10-4-3-7-17(14(10)15(18)19)13-6-5-12(9-16)11(2)8-13/h5-6,8,10,14H,3-4,7H2,1-2H3,(H,18,19). The van der Waals surface area contributed by atoms with Crippen LogP contribution in [-0.4, -0.2) is 23.7 Å². The quantitative estimate of drug-likeness (QED) is 0.885. The first-order valence-corrected chi connectivity index (χ1v) is 6.55. The molecule has 19 heavy (non-hydrogen) atoms. The van der Waals surface area contributed by atoms with Gasteiger partial charge in [-0.1, -0.05) is 6.92 Å². The average molecular weight is 258 g/mol. The van der Waals surface area contributed by atoms with Crippen LogP contribution in [-0.2, 0) is 4.79 Å². The maximum Gasteiger partial charge on any atom is 0.326 e. The Morgan fingerprint density at radius 3 is 2.84 bits per heavy atom. The average Bonchev–Trinajstić information content (AvgIpc) is 2.37. The summed E-state index contributed by atoms with van der Waals surface area (Å²) in [6.45, 7) is 4.62. The molecule has 0 aromatic heterocycles. The highest BCUT2D eigenvalue weighted by atomic mass is 16.4. The second kappa shape index (κ2) is 5.31. The molecule has 1 aliphatic rings. The lowest BCUT2D eigenvalue weighted by Crippen LogP contribution is -2.49. The molecule has 0 radical (unpaired) electrons. The number of piperidine rings is 1. The summed E-state index contributed by atoms with van der Waals surface area (Å²) in [6.07, 6.45) is 1.95. The number of aryl methyl sites for hydroxylation is 1. The Morgan fingerprint density at radius 1 is 1.53 bits per heavy atom. The second-order valence-corrected chi connectivity index (χ2v) is 5.21. The minimum absolute atomic E-state index is 0.141. The predicted octanol–water partition coefficient (Wildman–Crippen LogP) is 2.56. The zero-order valence-corrected chi connectivity index (χ0v) is 11.3. The van der Waals surface area contributed by atoms with Crippen LogP contribution in [0.2, 0.25) is 0 Å². The fourth-order valence-electron chi connectivity index (χ4n) is 2.81. The summed E-state index contributed by atoms with van der Waals surface area (Å²) in [4.78, 5) is 13.4. The lowest BCUT2D eigenvalue weighted by molar-refractivity contribution is -0.140. The fraction of sp³-hybridized carbons (Fsp3) is 0.467. The number of rotatable bonds is 2. The number of nitrogens with zero attached hydrogens (tertiary/aromatic N) is 2. The molecule has 2 unspecified atom stereocenters. The highest BCUT2D eigenvalue weighted by Gasteiger charge is 2.34. The number of hydrogen-bond acceptors (Lipinski definition) is 3. The van der Waals surface area contributed by atoms with Crippen LogP contribution in [0.4, 0.5) is 5.69 Å². The second-order valence-electron chi connectivity index (χ2n) is 5.21. The van der Waals surface area contributed by atoms with Gasteiger partial charge in [-0.15, -0.1) is 0 Å². The van der Waals surface area contributed by atoms with Gasteiger partial charge in [0.1, 0.15) is 6.04 Å². The first kappa shape index (κ1) is 13.4. The first-order valence-electron chi connectivity index (χ1n) is 6.55. The molecule has 4 heteroatoms. The third-order valence-corrected chi connectivity index (χ3v) is 3.85. The summed E-state index contributed by atoms with van der Waals surface area (Å²) < 4.78 is 0. The highest BCUT2D eigenvalue weighted by Crippen LogP contribution is 2.30. The van der Waals surface area contributed by atoms with Gasteiger partial charge >= 0.3 is 5.97 Å². The molecule has 1 aromatic rings. The van der Waals surface area contributed by atoms with E-state index in [2.05, 4.69) is 6.07 Å². The Labute approximate surface area is 113 Å². The summed E-state index contributed by atoms with van der Waals surface area (Å²) in [7, 11) is 0. The molecule has 0 spiro atoms. The molecule has 0 bridgehead atoms. The Morgan fingerprint density at radius 2 is 2.26 bits per heavy atom.